The molecule has 1 aliphatic rings. The molecule has 0 saturated heterocycles. The van der Waals surface area contributed by atoms with Gasteiger partial charge in [0.2, 0.25) is 0 Å². The lowest BCUT2D eigenvalue weighted by molar-refractivity contribution is 0.102. The van der Waals surface area contributed by atoms with Crippen molar-refractivity contribution >= 4 is 27.5 Å². The first-order chi connectivity index (χ1) is 9.72. The molecule has 0 unspecified atom stereocenters. The first kappa shape index (κ1) is 13.3. The molecule has 2 aromatic rings. The van der Waals surface area contributed by atoms with Crippen LogP contribution in [0.1, 0.15) is 21.5 Å². The van der Waals surface area contributed by atoms with E-state index in [0.29, 0.717) is 5.56 Å². The van der Waals surface area contributed by atoms with Gasteiger partial charge in [0.15, 0.2) is 0 Å². The van der Waals surface area contributed by atoms with Crippen LogP contribution in [-0.4, -0.2) is 12.5 Å². The van der Waals surface area contributed by atoms with Crippen LogP contribution < -0.4 is 10.6 Å². The van der Waals surface area contributed by atoms with Crippen LogP contribution in [0.15, 0.2) is 46.9 Å². The molecule has 0 fully saturated rings. The van der Waals surface area contributed by atoms with Gasteiger partial charge in [-0.15, -0.1) is 0 Å². The monoisotopic (exact) mass is 330 g/mol. The summed E-state index contributed by atoms with van der Waals surface area (Å²) in [5, 5.41) is 6.24. The van der Waals surface area contributed by atoms with E-state index in [0.717, 1.165) is 29.7 Å². The second kappa shape index (κ2) is 5.77. The Balaban J connectivity index is 1.78. The lowest BCUT2D eigenvalue weighted by Crippen LogP contribution is -2.24. The van der Waals surface area contributed by atoms with E-state index in [1.165, 1.54) is 11.1 Å². The molecule has 3 nitrogen and oxygen atoms in total. The summed E-state index contributed by atoms with van der Waals surface area (Å²) in [6, 6.07) is 13.5. The first-order valence-electron chi connectivity index (χ1n) is 6.62. The highest BCUT2D eigenvalue weighted by molar-refractivity contribution is 9.10. The normalized spacial score (nSPS) is 13.7. The standard InChI is InChI=1S/C16H15BrN2O/c17-14-3-5-15(6-4-14)19-16(20)12-2-1-11-7-8-18-10-13(11)9-12/h1-6,9,18H,7-8,10H2,(H,19,20). The van der Waals surface area contributed by atoms with Gasteiger partial charge >= 0.3 is 0 Å². The Kier molecular flexibility index (Phi) is 3.85. The summed E-state index contributed by atoms with van der Waals surface area (Å²) in [4.78, 5) is 12.2. The van der Waals surface area contributed by atoms with Crippen LogP contribution in [0.2, 0.25) is 0 Å². The lowest BCUT2D eigenvalue weighted by atomic mass is 9.98. The summed E-state index contributed by atoms with van der Waals surface area (Å²) in [6.07, 6.45) is 1.03. The molecular formula is C16H15BrN2O. The van der Waals surface area contributed by atoms with E-state index in [4.69, 9.17) is 0 Å². The largest absolute Gasteiger partial charge is 0.322 e. The van der Waals surface area contributed by atoms with Gasteiger partial charge in [0.1, 0.15) is 0 Å². The van der Waals surface area contributed by atoms with E-state index in [1.807, 2.05) is 36.4 Å². The molecule has 0 spiro atoms. The number of hydrogen-bond acceptors (Lipinski definition) is 2. The van der Waals surface area contributed by atoms with Crippen LogP contribution in [0, 0.1) is 0 Å². The fraction of sp³-hybridized carbons (Fsp3) is 0.188. The van der Waals surface area contributed by atoms with Gasteiger partial charge in [-0.2, -0.15) is 0 Å². The van der Waals surface area contributed by atoms with Crippen molar-refractivity contribution in [2.24, 2.45) is 0 Å². The van der Waals surface area contributed by atoms with Gasteiger partial charge < -0.3 is 10.6 Å². The molecule has 2 aromatic carbocycles. The van der Waals surface area contributed by atoms with E-state index in [9.17, 15) is 4.79 Å². The molecule has 1 heterocycles. The van der Waals surface area contributed by atoms with E-state index in [1.54, 1.807) is 0 Å². The molecule has 1 amide bonds. The number of carbonyl (C=O) groups is 1. The molecule has 1 aliphatic heterocycles. The number of hydrogen-bond donors (Lipinski definition) is 2. The second-order valence-electron chi connectivity index (χ2n) is 4.87. The number of amides is 1. The van der Waals surface area contributed by atoms with Gasteiger partial charge in [-0.3, -0.25) is 4.79 Å². The van der Waals surface area contributed by atoms with Gasteiger partial charge in [-0.05, 0) is 60.5 Å². The Bertz CT molecular complexity index is 637. The van der Waals surface area contributed by atoms with Crippen LogP contribution in [0.25, 0.3) is 0 Å². The SMILES string of the molecule is O=C(Nc1ccc(Br)cc1)c1ccc2c(c1)CNCC2. The highest BCUT2D eigenvalue weighted by atomic mass is 79.9. The first-order valence-corrected chi connectivity index (χ1v) is 7.41. The van der Waals surface area contributed by atoms with Crippen molar-refractivity contribution in [1.82, 2.24) is 5.32 Å². The van der Waals surface area contributed by atoms with E-state index in [2.05, 4.69) is 32.6 Å². The van der Waals surface area contributed by atoms with Crippen molar-refractivity contribution in [3.63, 3.8) is 0 Å². The zero-order chi connectivity index (χ0) is 13.9. The molecule has 0 radical (unpaired) electrons. The predicted molar refractivity (Wildman–Crippen MR) is 83.9 cm³/mol. The molecule has 0 aromatic heterocycles. The summed E-state index contributed by atoms with van der Waals surface area (Å²) in [5.74, 6) is -0.0688. The zero-order valence-electron chi connectivity index (χ0n) is 10.9. The van der Waals surface area contributed by atoms with E-state index in [-0.39, 0.29) is 5.91 Å². The van der Waals surface area contributed by atoms with Gasteiger partial charge in [-0.1, -0.05) is 22.0 Å². The highest BCUT2D eigenvalue weighted by Gasteiger charge is 2.12. The molecular weight excluding hydrogens is 316 g/mol. The quantitative estimate of drug-likeness (QED) is 0.886. The average molecular weight is 331 g/mol. The highest BCUT2D eigenvalue weighted by Crippen LogP contribution is 2.18. The average Bonchev–Trinajstić information content (AvgIpc) is 2.49. The molecule has 3 rings (SSSR count). The van der Waals surface area contributed by atoms with Crippen LogP contribution in [0.3, 0.4) is 0 Å². The van der Waals surface area contributed by atoms with E-state index >= 15 is 0 Å². The number of anilines is 1. The Morgan fingerprint density at radius 3 is 2.70 bits per heavy atom. The minimum Gasteiger partial charge on any atom is -0.322 e. The van der Waals surface area contributed by atoms with Gasteiger partial charge in [-0.25, -0.2) is 0 Å². The molecule has 0 atom stereocenters. The fourth-order valence-corrected chi connectivity index (χ4v) is 2.62. The van der Waals surface area contributed by atoms with Gasteiger partial charge in [0, 0.05) is 22.3 Å². The Morgan fingerprint density at radius 1 is 1.10 bits per heavy atom. The fourth-order valence-electron chi connectivity index (χ4n) is 2.36. The van der Waals surface area contributed by atoms with Crippen molar-refractivity contribution in [3.8, 4) is 0 Å². The van der Waals surface area contributed by atoms with Crippen LogP contribution in [0.4, 0.5) is 5.69 Å². The van der Waals surface area contributed by atoms with Crippen molar-refractivity contribution in [1.29, 1.82) is 0 Å². The third-order valence-electron chi connectivity index (χ3n) is 3.46. The summed E-state index contributed by atoms with van der Waals surface area (Å²) in [5.41, 5.74) is 4.06. The molecule has 0 aliphatic carbocycles. The minimum absolute atomic E-state index is 0.0688. The van der Waals surface area contributed by atoms with Crippen molar-refractivity contribution < 1.29 is 4.79 Å². The second-order valence-corrected chi connectivity index (χ2v) is 5.79. The maximum atomic E-state index is 12.2. The van der Waals surface area contributed by atoms with Crippen LogP contribution in [-0.2, 0) is 13.0 Å². The van der Waals surface area contributed by atoms with Crippen molar-refractivity contribution in [2.45, 2.75) is 13.0 Å². The predicted octanol–water partition coefficient (Wildman–Crippen LogP) is 3.35. The molecule has 2 N–H and O–H groups in total. The molecule has 4 heteroatoms. The summed E-state index contributed by atoms with van der Waals surface area (Å²) >= 11 is 3.38. The number of carbonyl (C=O) groups excluding carboxylic acids is 1. The number of nitrogens with one attached hydrogen (secondary N) is 2. The Labute approximate surface area is 126 Å². The van der Waals surface area contributed by atoms with Crippen molar-refractivity contribution in [3.05, 3.63) is 63.6 Å². The number of halogens is 1. The molecule has 20 heavy (non-hydrogen) atoms. The van der Waals surface area contributed by atoms with Crippen LogP contribution in [0.5, 0.6) is 0 Å². The third kappa shape index (κ3) is 2.92. The molecule has 0 bridgehead atoms. The van der Waals surface area contributed by atoms with Crippen LogP contribution >= 0.6 is 15.9 Å². The molecule has 0 saturated carbocycles. The smallest absolute Gasteiger partial charge is 0.255 e. The Morgan fingerprint density at radius 2 is 1.90 bits per heavy atom. The number of benzene rings is 2. The van der Waals surface area contributed by atoms with Crippen molar-refractivity contribution in [2.75, 3.05) is 11.9 Å². The van der Waals surface area contributed by atoms with E-state index < -0.39 is 0 Å². The summed E-state index contributed by atoms with van der Waals surface area (Å²) < 4.78 is 0.996. The summed E-state index contributed by atoms with van der Waals surface area (Å²) in [7, 11) is 0. The molecule has 102 valence electrons. The van der Waals surface area contributed by atoms with Gasteiger partial charge in [0.05, 0.1) is 0 Å². The Hall–Kier alpha value is -1.65. The maximum absolute atomic E-state index is 12.2. The lowest BCUT2D eigenvalue weighted by Gasteiger charge is -2.17. The third-order valence-corrected chi connectivity index (χ3v) is 3.99. The van der Waals surface area contributed by atoms with Gasteiger partial charge in [0.25, 0.3) is 5.91 Å². The number of rotatable bonds is 2. The summed E-state index contributed by atoms with van der Waals surface area (Å²) in [6.45, 7) is 1.85. The number of fused-ring (bicyclic) bond motifs is 1. The maximum Gasteiger partial charge on any atom is 0.255 e. The topological polar surface area (TPSA) is 41.1 Å². The zero-order valence-corrected chi connectivity index (χ0v) is 12.5. The minimum atomic E-state index is -0.0688.